The molecule has 1 heterocycles. The van der Waals surface area contributed by atoms with Crippen molar-refractivity contribution in [3.63, 3.8) is 0 Å². The average Bonchev–Trinajstić information content (AvgIpc) is 2.76. The zero-order chi connectivity index (χ0) is 21.1. The second kappa shape index (κ2) is 8.64. The Kier molecular flexibility index (Phi) is 5.95. The minimum atomic E-state index is -1.38. The van der Waals surface area contributed by atoms with Crippen molar-refractivity contribution < 1.29 is 18.6 Å². The van der Waals surface area contributed by atoms with Crippen LogP contribution < -0.4 is 0 Å². The van der Waals surface area contributed by atoms with Crippen LogP contribution in [0.3, 0.4) is 0 Å². The largest absolute Gasteiger partial charge is 0.383 e. The van der Waals surface area contributed by atoms with E-state index in [1.807, 2.05) is 18.2 Å². The predicted molar refractivity (Wildman–Crippen MR) is 113 cm³/mol. The van der Waals surface area contributed by atoms with Gasteiger partial charge in [0.05, 0.1) is 6.61 Å². The lowest BCUT2D eigenvalue weighted by Crippen LogP contribution is -2.51. The van der Waals surface area contributed by atoms with Gasteiger partial charge in [0.15, 0.2) is 0 Å². The second-order valence-electron chi connectivity index (χ2n) is 7.90. The molecule has 0 bridgehead atoms. The molecule has 0 aliphatic carbocycles. The van der Waals surface area contributed by atoms with Crippen LogP contribution in [-0.2, 0) is 16.9 Å². The van der Waals surface area contributed by atoms with E-state index in [4.69, 9.17) is 4.74 Å². The molecular weight excluding hydrogens is 384 g/mol. The van der Waals surface area contributed by atoms with Gasteiger partial charge in [-0.2, -0.15) is 0 Å². The normalized spacial score (nSPS) is 19.4. The van der Waals surface area contributed by atoms with Crippen LogP contribution in [0.2, 0.25) is 0 Å². The van der Waals surface area contributed by atoms with Crippen molar-refractivity contribution in [2.75, 3.05) is 19.7 Å². The highest BCUT2D eigenvalue weighted by Gasteiger charge is 2.39. The van der Waals surface area contributed by atoms with Gasteiger partial charge in [-0.05, 0) is 41.8 Å². The van der Waals surface area contributed by atoms with E-state index >= 15 is 0 Å². The number of morpholine rings is 1. The highest BCUT2D eigenvalue weighted by atomic mass is 19.1. The zero-order valence-corrected chi connectivity index (χ0v) is 16.9. The van der Waals surface area contributed by atoms with E-state index in [-0.39, 0.29) is 5.56 Å². The van der Waals surface area contributed by atoms with E-state index < -0.39 is 23.3 Å². The fourth-order valence-electron chi connectivity index (χ4n) is 4.06. The fraction of sp³-hybridized carbons (Fsp3) is 0.280. The summed E-state index contributed by atoms with van der Waals surface area (Å²) in [5, 5.41) is 11.5. The molecule has 30 heavy (non-hydrogen) atoms. The monoisotopic (exact) mass is 409 g/mol. The maximum absolute atomic E-state index is 14.5. The lowest BCUT2D eigenvalue weighted by atomic mass is 9.83. The van der Waals surface area contributed by atoms with Crippen molar-refractivity contribution in [1.29, 1.82) is 0 Å². The summed E-state index contributed by atoms with van der Waals surface area (Å²) in [5.74, 6) is -1.06. The van der Waals surface area contributed by atoms with Gasteiger partial charge in [0, 0.05) is 25.2 Å². The SMILES string of the molecule is CC(O)(c1ccccc1-c1cc(F)ccc1F)C1CN(Cc2ccccc2)CCO1. The first-order chi connectivity index (χ1) is 14.4. The smallest absolute Gasteiger partial charge is 0.131 e. The van der Waals surface area contributed by atoms with Crippen molar-refractivity contribution in [1.82, 2.24) is 4.90 Å². The van der Waals surface area contributed by atoms with Crippen LogP contribution in [0.4, 0.5) is 8.78 Å². The number of hydrogen-bond donors (Lipinski definition) is 1. The Morgan fingerprint density at radius 1 is 1.00 bits per heavy atom. The van der Waals surface area contributed by atoms with Gasteiger partial charge < -0.3 is 9.84 Å². The van der Waals surface area contributed by atoms with E-state index in [2.05, 4.69) is 17.0 Å². The van der Waals surface area contributed by atoms with Gasteiger partial charge in [0.2, 0.25) is 0 Å². The van der Waals surface area contributed by atoms with E-state index in [0.29, 0.717) is 24.3 Å². The Hall–Kier alpha value is -2.60. The minimum absolute atomic E-state index is 0.128. The molecule has 1 saturated heterocycles. The molecule has 1 fully saturated rings. The molecule has 0 saturated carbocycles. The third-order valence-corrected chi connectivity index (χ3v) is 5.72. The fourth-order valence-corrected chi connectivity index (χ4v) is 4.06. The van der Waals surface area contributed by atoms with Crippen molar-refractivity contribution in [2.45, 2.75) is 25.2 Å². The summed E-state index contributed by atoms with van der Waals surface area (Å²) in [6.07, 6.45) is -0.507. The molecule has 0 amide bonds. The van der Waals surface area contributed by atoms with Gasteiger partial charge in [-0.25, -0.2) is 8.78 Å². The Labute approximate surface area is 175 Å². The first-order valence-corrected chi connectivity index (χ1v) is 10.1. The van der Waals surface area contributed by atoms with Gasteiger partial charge in [-0.1, -0.05) is 54.6 Å². The molecule has 2 atom stereocenters. The molecule has 0 aromatic heterocycles. The first-order valence-electron chi connectivity index (χ1n) is 10.1. The molecule has 1 aliphatic rings. The molecule has 4 rings (SSSR count). The molecule has 3 aromatic carbocycles. The molecule has 1 N–H and O–H groups in total. The average molecular weight is 409 g/mol. The van der Waals surface area contributed by atoms with Crippen LogP contribution in [0.15, 0.2) is 72.8 Å². The molecule has 3 nitrogen and oxygen atoms in total. The Bertz CT molecular complexity index is 1010. The number of ether oxygens (including phenoxy) is 1. The number of benzene rings is 3. The summed E-state index contributed by atoms with van der Waals surface area (Å²) in [6, 6.07) is 20.5. The molecule has 3 aromatic rings. The molecule has 156 valence electrons. The van der Waals surface area contributed by atoms with Gasteiger partial charge in [0.1, 0.15) is 23.3 Å². The highest BCUT2D eigenvalue weighted by Crippen LogP contribution is 2.37. The molecular formula is C25H25F2NO2. The van der Waals surface area contributed by atoms with Crippen LogP contribution in [0.5, 0.6) is 0 Å². The van der Waals surface area contributed by atoms with Crippen LogP contribution in [-0.4, -0.2) is 35.8 Å². The molecule has 0 radical (unpaired) electrons. The highest BCUT2D eigenvalue weighted by molar-refractivity contribution is 5.69. The maximum atomic E-state index is 14.5. The van der Waals surface area contributed by atoms with Gasteiger partial charge in [0.25, 0.3) is 0 Å². The Morgan fingerprint density at radius 3 is 2.53 bits per heavy atom. The quantitative estimate of drug-likeness (QED) is 0.661. The summed E-state index contributed by atoms with van der Waals surface area (Å²) in [6.45, 7) is 4.23. The lowest BCUT2D eigenvalue weighted by Gasteiger charge is -2.41. The summed E-state index contributed by atoms with van der Waals surface area (Å²) in [4.78, 5) is 2.24. The van der Waals surface area contributed by atoms with E-state index in [9.17, 15) is 13.9 Å². The van der Waals surface area contributed by atoms with Crippen molar-refractivity contribution in [3.05, 3.63) is 95.6 Å². The van der Waals surface area contributed by atoms with Crippen LogP contribution >= 0.6 is 0 Å². The number of halogens is 2. The lowest BCUT2D eigenvalue weighted by molar-refractivity contribution is -0.141. The summed E-state index contributed by atoms with van der Waals surface area (Å²) < 4.78 is 34.2. The first kappa shape index (κ1) is 20.7. The van der Waals surface area contributed by atoms with Crippen molar-refractivity contribution >= 4 is 0 Å². The van der Waals surface area contributed by atoms with E-state index in [0.717, 1.165) is 31.3 Å². The van der Waals surface area contributed by atoms with E-state index in [1.165, 1.54) is 5.56 Å². The van der Waals surface area contributed by atoms with Crippen LogP contribution in [0.1, 0.15) is 18.1 Å². The topological polar surface area (TPSA) is 32.7 Å². The van der Waals surface area contributed by atoms with Crippen molar-refractivity contribution in [3.8, 4) is 11.1 Å². The molecule has 2 unspecified atom stereocenters. The predicted octanol–water partition coefficient (Wildman–Crippen LogP) is 4.74. The number of hydrogen-bond acceptors (Lipinski definition) is 3. The zero-order valence-electron chi connectivity index (χ0n) is 16.9. The Morgan fingerprint density at radius 2 is 1.73 bits per heavy atom. The third-order valence-electron chi connectivity index (χ3n) is 5.72. The maximum Gasteiger partial charge on any atom is 0.131 e. The summed E-state index contributed by atoms with van der Waals surface area (Å²) >= 11 is 0. The molecule has 1 aliphatic heterocycles. The standard InChI is InChI=1S/C25H25F2NO2/c1-25(29,24-17-28(13-14-30-24)16-18-7-3-2-4-8-18)22-10-6-5-9-20(22)21-15-19(26)11-12-23(21)27/h2-12,15,24,29H,13-14,16-17H2,1H3. The third kappa shape index (κ3) is 4.29. The number of rotatable bonds is 5. The number of aliphatic hydroxyl groups is 1. The summed E-state index contributed by atoms with van der Waals surface area (Å²) in [7, 11) is 0. The minimum Gasteiger partial charge on any atom is -0.383 e. The Balaban J connectivity index is 1.63. The van der Waals surface area contributed by atoms with Gasteiger partial charge in [-0.3, -0.25) is 4.90 Å². The van der Waals surface area contributed by atoms with E-state index in [1.54, 1.807) is 31.2 Å². The van der Waals surface area contributed by atoms with Crippen LogP contribution in [0, 0.1) is 11.6 Å². The summed E-state index contributed by atoms with van der Waals surface area (Å²) in [5.41, 5.74) is 0.914. The molecule has 5 heteroatoms. The second-order valence-corrected chi connectivity index (χ2v) is 7.90. The number of nitrogens with zero attached hydrogens (tertiary/aromatic N) is 1. The van der Waals surface area contributed by atoms with Crippen molar-refractivity contribution in [2.24, 2.45) is 0 Å². The van der Waals surface area contributed by atoms with Crippen LogP contribution in [0.25, 0.3) is 11.1 Å². The van der Waals surface area contributed by atoms with Gasteiger partial charge >= 0.3 is 0 Å². The molecule has 0 spiro atoms. The van der Waals surface area contributed by atoms with Gasteiger partial charge in [-0.15, -0.1) is 0 Å².